The van der Waals surface area contributed by atoms with Crippen LogP contribution in [0.4, 0.5) is 11.4 Å². The average molecular weight is 302 g/mol. The van der Waals surface area contributed by atoms with Gasteiger partial charge in [-0.2, -0.15) is 0 Å². The second-order valence-electron chi connectivity index (χ2n) is 5.15. The molecule has 4 nitrogen and oxygen atoms in total. The molecule has 0 aliphatic heterocycles. The largest absolute Gasteiger partial charge is 0.465 e. The standard InChI is InChI=1S/C16H18N2O2S/c1-20-16(19)11-4-2-5-12(17)15(11)18-13-6-3-7-14-10(13)8-9-21-14/h2,4-5,8-9,13,18H,3,6-7,17H2,1H3. The van der Waals surface area contributed by atoms with Gasteiger partial charge in [-0.05, 0) is 48.4 Å². The number of ether oxygens (including phenoxy) is 1. The van der Waals surface area contributed by atoms with Crippen LogP contribution < -0.4 is 11.1 Å². The molecule has 0 amide bonds. The van der Waals surface area contributed by atoms with E-state index >= 15 is 0 Å². The second kappa shape index (κ2) is 5.77. The second-order valence-corrected chi connectivity index (χ2v) is 6.15. The third-order valence-corrected chi connectivity index (χ3v) is 4.87. The summed E-state index contributed by atoms with van der Waals surface area (Å²) in [5, 5.41) is 5.58. The number of methoxy groups -OCH3 is 1. The van der Waals surface area contributed by atoms with Crippen molar-refractivity contribution in [3.05, 3.63) is 45.6 Å². The molecule has 0 saturated carbocycles. The molecule has 2 aromatic rings. The smallest absolute Gasteiger partial charge is 0.340 e. The van der Waals surface area contributed by atoms with Crippen molar-refractivity contribution < 1.29 is 9.53 Å². The molecule has 1 aliphatic carbocycles. The van der Waals surface area contributed by atoms with Crippen molar-refractivity contribution in [2.75, 3.05) is 18.2 Å². The van der Waals surface area contributed by atoms with Crippen LogP contribution >= 0.6 is 11.3 Å². The van der Waals surface area contributed by atoms with Crippen LogP contribution in [-0.4, -0.2) is 13.1 Å². The molecule has 1 heterocycles. The summed E-state index contributed by atoms with van der Waals surface area (Å²) in [5.41, 5.74) is 9.11. The quantitative estimate of drug-likeness (QED) is 0.671. The highest BCUT2D eigenvalue weighted by atomic mass is 32.1. The van der Waals surface area contributed by atoms with Gasteiger partial charge in [-0.15, -0.1) is 11.3 Å². The van der Waals surface area contributed by atoms with Crippen LogP contribution in [0, 0.1) is 0 Å². The van der Waals surface area contributed by atoms with Gasteiger partial charge in [0, 0.05) is 4.88 Å². The molecule has 0 fully saturated rings. The summed E-state index contributed by atoms with van der Waals surface area (Å²) in [5.74, 6) is -0.369. The Balaban J connectivity index is 1.95. The van der Waals surface area contributed by atoms with Gasteiger partial charge < -0.3 is 15.8 Å². The predicted molar refractivity (Wildman–Crippen MR) is 85.8 cm³/mol. The van der Waals surface area contributed by atoms with Crippen molar-refractivity contribution in [1.82, 2.24) is 0 Å². The van der Waals surface area contributed by atoms with Crippen LogP contribution in [0.25, 0.3) is 0 Å². The molecule has 1 aromatic carbocycles. The molecule has 0 bridgehead atoms. The van der Waals surface area contributed by atoms with Crippen molar-refractivity contribution in [2.45, 2.75) is 25.3 Å². The number of rotatable bonds is 3. The third-order valence-electron chi connectivity index (χ3n) is 3.87. The van der Waals surface area contributed by atoms with Crippen LogP contribution in [0.5, 0.6) is 0 Å². The van der Waals surface area contributed by atoms with E-state index in [1.54, 1.807) is 29.5 Å². The summed E-state index contributed by atoms with van der Waals surface area (Å²) >= 11 is 1.80. The van der Waals surface area contributed by atoms with Gasteiger partial charge in [0.05, 0.1) is 30.1 Å². The normalized spacial score (nSPS) is 17.1. The fourth-order valence-corrected chi connectivity index (χ4v) is 3.81. The number of hydrogen-bond acceptors (Lipinski definition) is 5. The minimum absolute atomic E-state index is 0.202. The summed E-state index contributed by atoms with van der Waals surface area (Å²) in [6, 6.07) is 7.67. The average Bonchev–Trinajstić information content (AvgIpc) is 2.98. The van der Waals surface area contributed by atoms with Gasteiger partial charge >= 0.3 is 5.97 Å². The lowest BCUT2D eigenvalue weighted by atomic mass is 9.93. The van der Waals surface area contributed by atoms with E-state index in [4.69, 9.17) is 10.5 Å². The van der Waals surface area contributed by atoms with Gasteiger partial charge in [0.25, 0.3) is 0 Å². The van der Waals surface area contributed by atoms with Crippen LogP contribution in [0.2, 0.25) is 0 Å². The third kappa shape index (κ3) is 2.61. The number of thiophene rings is 1. The molecular formula is C16H18N2O2S. The minimum atomic E-state index is -0.369. The molecule has 0 saturated heterocycles. The highest BCUT2D eigenvalue weighted by Crippen LogP contribution is 2.37. The Labute approximate surface area is 127 Å². The molecule has 1 unspecified atom stereocenters. The molecule has 21 heavy (non-hydrogen) atoms. The number of aryl methyl sites for hydroxylation is 1. The number of carbonyl (C=O) groups excluding carboxylic acids is 1. The Morgan fingerprint density at radius 3 is 3.10 bits per heavy atom. The molecule has 110 valence electrons. The van der Waals surface area contributed by atoms with E-state index in [-0.39, 0.29) is 12.0 Å². The van der Waals surface area contributed by atoms with E-state index < -0.39 is 0 Å². The first kappa shape index (κ1) is 13.9. The lowest BCUT2D eigenvalue weighted by molar-refractivity contribution is 0.0602. The molecule has 1 aliphatic rings. The number of benzene rings is 1. The maximum atomic E-state index is 11.9. The Hall–Kier alpha value is -2.01. The van der Waals surface area contributed by atoms with E-state index in [9.17, 15) is 4.79 Å². The van der Waals surface area contributed by atoms with E-state index in [2.05, 4.69) is 16.8 Å². The predicted octanol–water partition coefficient (Wildman–Crippen LogP) is 3.61. The maximum Gasteiger partial charge on any atom is 0.340 e. The molecule has 0 radical (unpaired) electrons. The molecule has 3 rings (SSSR count). The molecule has 1 aromatic heterocycles. The Morgan fingerprint density at radius 1 is 1.43 bits per heavy atom. The number of carbonyl (C=O) groups is 1. The summed E-state index contributed by atoms with van der Waals surface area (Å²) in [4.78, 5) is 13.3. The zero-order chi connectivity index (χ0) is 14.8. The highest BCUT2D eigenvalue weighted by molar-refractivity contribution is 7.10. The molecular weight excluding hydrogens is 284 g/mol. The SMILES string of the molecule is COC(=O)c1cccc(N)c1NC1CCCc2sccc21. The summed E-state index contributed by atoms with van der Waals surface area (Å²) in [7, 11) is 1.38. The monoisotopic (exact) mass is 302 g/mol. The zero-order valence-electron chi connectivity index (χ0n) is 11.9. The lowest BCUT2D eigenvalue weighted by Crippen LogP contribution is -2.18. The number of nitrogens with one attached hydrogen (secondary N) is 1. The first-order valence-corrected chi connectivity index (χ1v) is 7.88. The molecule has 1 atom stereocenters. The van der Waals surface area contributed by atoms with Crippen LogP contribution in [0.15, 0.2) is 29.6 Å². The maximum absolute atomic E-state index is 11.9. The summed E-state index contributed by atoms with van der Waals surface area (Å²) < 4.78 is 4.84. The van der Waals surface area contributed by atoms with E-state index in [1.165, 1.54) is 17.6 Å². The topological polar surface area (TPSA) is 64.3 Å². The minimum Gasteiger partial charge on any atom is -0.465 e. The van der Waals surface area contributed by atoms with Crippen LogP contribution in [-0.2, 0) is 11.2 Å². The van der Waals surface area contributed by atoms with Crippen molar-refractivity contribution in [3.8, 4) is 0 Å². The van der Waals surface area contributed by atoms with Gasteiger partial charge in [-0.3, -0.25) is 0 Å². The Bertz CT molecular complexity index is 666. The number of nitrogen functional groups attached to an aromatic ring is 1. The van der Waals surface area contributed by atoms with Gasteiger partial charge in [0.15, 0.2) is 0 Å². The van der Waals surface area contributed by atoms with E-state index in [0.29, 0.717) is 16.9 Å². The number of para-hydroxylation sites is 1. The van der Waals surface area contributed by atoms with Crippen LogP contribution in [0.1, 0.15) is 39.7 Å². The molecule has 3 N–H and O–H groups in total. The Morgan fingerprint density at radius 2 is 2.29 bits per heavy atom. The summed E-state index contributed by atoms with van der Waals surface area (Å²) in [6.45, 7) is 0. The number of hydrogen-bond donors (Lipinski definition) is 2. The van der Waals surface area contributed by atoms with Crippen molar-refractivity contribution >= 4 is 28.7 Å². The van der Waals surface area contributed by atoms with E-state index in [0.717, 1.165) is 19.3 Å². The van der Waals surface area contributed by atoms with Gasteiger partial charge in [0.1, 0.15) is 0 Å². The molecule has 0 spiro atoms. The fraction of sp³-hybridized carbons (Fsp3) is 0.312. The number of fused-ring (bicyclic) bond motifs is 1. The highest BCUT2D eigenvalue weighted by Gasteiger charge is 2.23. The Kier molecular flexibility index (Phi) is 3.84. The first-order chi connectivity index (χ1) is 10.2. The van der Waals surface area contributed by atoms with Crippen molar-refractivity contribution in [3.63, 3.8) is 0 Å². The fourth-order valence-electron chi connectivity index (χ4n) is 2.82. The number of esters is 1. The van der Waals surface area contributed by atoms with E-state index in [1.807, 2.05) is 0 Å². The van der Waals surface area contributed by atoms with Gasteiger partial charge in [-0.1, -0.05) is 6.07 Å². The number of anilines is 2. The summed E-state index contributed by atoms with van der Waals surface area (Å²) in [6.07, 6.45) is 3.32. The van der Waals surface area contributed by atoms with Gasteiger partial charge in [0.2, 0.25) is 0 Å². The first-order valence-electron chi connectivity index (χ1n) is 7.00. The van der Waals surface area contributed by atoms with Gasteiger partial charge in [-0.25, -0.2) is 4.79 Å². The number of nitrogens with two attached hydrogens (primary N) is 1. The lowest BCUT2D eigenvalue weighted by Gasteiger charge is -2.26. The van der Waals surface area contributed by atoms with Crippen LogP contribution in [0.3, 0.4) is 0 Å². The zero-order valence-corrected chi connectivity index (χ0v) is 12.7. The molecule has 5 heteroatoms. The van der Waals surface area contributed by atoms with Crippen molar-refractivity contribution in [2.24, 2.45) is 0 Å². The van der Waals surface area contributed by atoms with Crippen molar-refractivity contribution in [1.29, 1.82) is 0 Å².